The number of nitrogens with zero attached hydrogens (tertiary/aromatic N) is 2. The van der Waals surface area contributed by atoms with E-state index in [0.29, 0.717) is 0 Å². The van der Waals surface area contributed by atoms with E-state index in [9.17, 15) is 0 Å². The topological polar surface area (TPSA) is 41.0 Å². The lowest BCUT2D eigenvalue weighted by Gasteiger charge is -1.74. The van der Waals surface area contributed by atoms with Gasteiger partial charge in [0.2, 0.25) is 0 Å². The van der Waals surface area contributed by atoms with Crippen molar-refractivity contribution >= 4 is 12.0 Å². The SMILES string of the molecule is CC=Nc1cc(C)[nH]n1. The van der Waals surface area contributed by atoms with Crippen molar-refractivity contribution < 1.29 is 0 Å². The molecule has 1 aromatic rings. The largest absolute Gasteiger partial charge is 0.281 e. The van der Waals surface area contributed by atoms with Crippen molar-refractivity contribution in [2.24, 2.45) is 4.99 Å². The molecular weight excluding hydrogens is 114 g/mol. The molecule has 3 heteroatoms. The summed E-state index contributed by atoms with van der Waals surface area (Å²) in [7, 11) is 0. The van der Waals surface area contributed by atoms with Crippen LogP contribution in [0.2, 0.25) is 0 Å². The Labute approximate surface area is 53.8 Å². The van der Waals surface area contributed by atoms with Gasteiger partial charge in [0.1, 0.15) is 0 Å². The molecular formula is C6H9N3. The second kappa shape index (κ2) is 2.44. The van der Waals surface area contributed by atoms with Crippen molar-refractivity contribution in [2.75, 3.05) is 0 Å². The minimum atomic E-state index is 0.745. The molecule has 0 aromatic carbocycles. The van der Waals surface area contributed by atoms with Crippen LogP contribution in [0, 0.1) is 6.92 Å². The maximum atomic E-state index is 3.96. The van der Waals surface area contributed by atoms with Crippen LogP contribution in [-0.2, 0) is 0 Å². The van der Waals surface area contributed by atoms with Crippen LogP contribution in [0.4, 0.5) is 5.82 Å². The second-order valence-electron chi connectivity index (χ2n) is 1.80. The first-order valence-corrected chi connectivity index (χ1v) is 2.83. The van der Waals surface area contributed by atoms with Crippen molar-refractivity contribution in [3.63, 3.8) is 0 Å². The fraction of sp³-hybridized carbons (Fsp3) is 0.333. The summed E-state index contributed by atoms with van der Waals surface area (Å²) in [5.74, 6) is 0.745. The third kappa shape index (κ3) is 1.38. The van der Waals surface area contributed by atoms with Crippen LogP contribution in [0.1, 0.15) is 12.6 Å². The Balaban J connectivity index is 2.85. The van der Waals surface area contributed by atoms with Gasteiger partial charge in [-0.2, -0.15) is 5.10 Å². The molecule has 0 amide bonds. The molecule has 9 heavy (non-hydrogen) atoms. The van der Waals surface area contributed by atoms with Gasteiger partial charge in [-0.1, -0.05) is 0 Å². The van der Waals surface area contributed by atoms with E-state index in [0.717, 1.165) is 11.5 Å². The molecule has 0 saturated carbocycles. The summed E-state index contributed by atoms with van der Waals surface area (Å²) in [5.41, 5.74) is 1.04. The molecule has 0 atom stereocenters. The van der Waals surface area contributed by atoms with Crippen molar-refractivity contribution in [1.82, 2.24) is 10.2 Å². The zero-order valence-electron chi connectivity index (χ0n) is 5.55. The second-order valence-corrected chi connectivity index (χ2v) is 1.80. The number of hydrogen-bond donors (Lipinski definition) is 1. The van der Waals surface area contributed by atoms with Gasteiger partial charge in [-0.3, -0.25) is 5.10 Å². The van der Waals surface area contributed by atoms with E-state index in [1.54, 1.807) is 6.21 Å². The van der Waals surface area contributed by atoms with Crippen molar-refractivity contribution in [3.05, 3.63) is 11.8 Å². The van der Waals surface area contributed by atoms with Crippen LogP contribution >= 0.6 is 0 Å². The van der Waals surface area contributed by atoms with E-state index >= 15 is 0 Å². The zero-order chi connectivity index (χ0) is 6.69. The Kier molecular flexibility index (Phi) is 1.63. The molecule has 0 spiro atoms. The quantitative estimate of drug-likeness (QED) is 0.564. The maximum absolute atomic E-state index is 3.96. The summed E-state index contributed by atoms with van der Waals surface area (Å²) in [6.07, 6.45) is 1.72. The molecule has 1 N–H and O–H groups in total. The Morgan fingerprint density at radius 2 is 2.56 bits per heavy atom. The van der Waals surface area contributed by atoms with Crippen LogP contribution in [-0.4, -0.2) is 16.4 Å². The predicted octanol–water partition coefficient (Wildman–Crippen LogP) is 1.44. The number of H-pyrrole nitrogens is 1. The average molecular weight is 123 g/mol. The lowest BCUT2D eigenvalue weighted by Crippen LogP contribution is -1.66. The number of rotatable bonds is 1. The van der Waals surface area contributed by atoms with Crippen LogP contribution in [0.15, 0.2) is 11.1 Å². The fourth-order valence-electron chi connectivity index (χ4n) is 0.602. The highest BCUT2D eigenvalue weighted by Gasteiger charge is 1.89. The Morgan fingerprint density at radius 1 is 1.78 bits per heavy atom. The number of aliphatic imine (C=N–C) groups is 1. The van der Waals surface area contributed by atoms with E-state index < -0.39 is 0 Å². The van der Waals surface area contributed by atoms with E-state index in [1.807, 2.05) is 19.9 Å². The average Bonchev–Trinajstić information content (AvgIpc) is 2.17. The Bertz CT molecular complexity index is 212. The minimum absolute atomic E-state index is 0.745. The van der Waals surface area contributed by atoms with E-state index in [4.69, 9.17) is 0 Å². The molecule has 0 radical (unpaired) electrons. The van der Waals surface area contributed by atoms with Gasteiger partial charge in [0.15, 0.2) is 5.82 Å². The molecule has 0 unspecified atom stereocenters. The number of nitrogens with one attached hydrogen (secondary N) is 1. The number of hydrogen-bond acceptors (Lipinski definition) is 2. The van der Waals surface area contributed by atoms with Gasteiger partial charge in [-0.25, -0.2) is 4.99 Å². The molecule has 48 valence electrons. The third-order valence-corrected chi connectivity index (χ3v) is 0.954. The smallest absolute Gasteiger partial charge is 0.173 e. The number of aromatic nitrogens is 2. The highest BCUT2D eigenvalue weighted by atomic mass is 15.2. The highest BCUT2D eigenvalue weighted by Crippen LogP contribution is 2.05. The summed E-state index contributed by atoms with van der Waals surface area (Å²) in [4.78, 5) is 3.96. The van der Waals surface area contributed by atoms with Gasteiger partial charge in [0, 0.05) is 18.0 Å². The van der Waals surface area contributed by atoms with E-state index in [-0.39, 0.29) is 0 Å². The van der Waals surface area contributed by atoms with E-state index in [2.05, 4.69) is 15.2 Å². The molecule has 1 heterocycles. The zero-order valence-corrected chi connectivity index (χ0v) is 5.55. The first-order chi connectivity index (χ1) is 4.33. The van der Waals surface area contributed by atoms with Crippen molar-refractivity contribution in [2.45, 2.75) is 13.8 Å². The molecule has 0 bridgehead atoms. The van der Waals surface area contributed by atoms with Crippen LogP contribution < -0.4 is 0 Å². The van der Waals surface area contributed by atoms with Crippen LogP contribution in [0.5, 0.6) is 0 Å². The van der Waals surface area contributed by atoms with Crippen molar-refractivity contribution in [1.29, 1.82) is 0 Å². The molecule has 1 aromatic heterocycles. The normalized spacial score (nSPS) is 10.9. The van der Waals surface area contributed by atoms with Gasteiger partial charge in [-0.15, -0.1) is 0 Å². The van der Waals surface area contributed by atoms with Crippen LogP contribution in [0.25, 0.3) is 0 Å². The van der Waals surface area contributed by atoms with E-state index in [1.165, 1.54) is 0 Å². The van der Waals surface area contributed by atoms with Gasteiger partial charge in [0.25, 0.3) is 0 Å². The lowest BCUT2D eigenvalue weighted by molar-refractivity contribution is 1.04. The molecule has 0 aliphatic rings. The molecule has 1 rings (SSSR count). The highest BCUT2D eigenvalue weighted by molar-refractivity contribution is 5.58. The monoisotopic (exact) mass is 123 g/mol. The summed E-state index contributed by atoms with van der Waals surface area (Å²) >= 11 is 0. The van der Waals surface area contributed by atoms with Crippen LogP contribution in [0.3, 0.4) is 0 Å². The summed E-state index contributed by atoms with van der Waals surface area (Å²) in [6.45, 7) is 3.81. The first-order valence-electron chi connectivity index (χ1n) is 2.83. The Hall–Kier alpha value is -1.12. The number of aromatic amines is 1. The number of aryl methyl sites for hydroxylation is 1. The van der Waals surface area contributed by atoms with Crippen molar-refractivity contribution in [3.8, 4) is 0 Å². The van der Waals surface area contributed by atoms with Gasteiger partial charge >= 0.3 is 0 Å². The molecule has 0 fully saturated rings. The maximum Gasteiger partial charge on any atom is 0.173 e. The predicted molar refractivity (Wildman–Crippen MR) is 37.2 cm³/mol. The summed E-state index contributed by atoms with van der Waals surface area (Å²) in [6, 6.07) is 1.89. The van der Waals surface area contributed by atoms with Gasteiger partial charge < -0.3 is 0 Å². The molecule has 0 aliphatic carbocycles. The molecule has 0 saturated heterocycles. The molecule has 0 aliphatic heterocycles. The van der Waals surface area contributed by atoms with Gasteiger partial charge in [0.05, 0.1) is 0 Å². The minimum Gasteiger partial charge on any atom is -0.281 e. The Morgan fingerprint density at radius 3 is 3.00 bits per heavy atom. The lowest BCUT2D eigenvalue weighted by atomic mass is 10.5. The summed E-state index contributed by atoms with van der Waals surface area (Å²) in [5, 5.41) is 6.67. The van der Waals surface area contributed by atoms with Gasteiger partial charge in [-0.05, 0) is 13.8 Å². The third-order valence-electron chi connectivity index (χ3n) is 0.954. The fourth-order valence-corrected chi connectivity index (χ4v) is 0.602. The standard InChI is InChI=1S/C6H9N3/c1-3-7-6-4-5(2)8-9-6/h3-4H,1-2H3,(H,8,9). The summed E-state index contributed by atoms with van der Waals surface area (Å²) < 4.78 is 0. The first kappa shape index (κ1) is 6.01. The molecule has 3 nitrogen and oxygen atoms in total.